The Kier molecular flexibility index (Phi) is 4.48. The van der Waals surface area contributed by atoms with Gasteiger partial charge in [0.05, 0.1) is 6.10 Å². The van der Waals surface area contributed by atoms with Gasteiger partial charge in [-0.1, -0.05) is 32.0 Å². The van der Waals surface area contributed by atoms with Gasteiger partial charge < -0.3 is 10.4 Å². The highest BCUT2D eigenvalue weighted by Crippen LogP contribution is 2.35. The van der Waals surface area contributed by atoms with Crippen molar-refractivity contribution < 1.29 is 5.11 Å². The van der Waals surface area contributed by atoms with Crippen LogP contribution in [0.25, 0.3) is 0 Å². The Morgan fingerprint density at radius 1 is 1.41 bits per heavy atom. The maximum atomic E-state index is 9.84. The Hall–Kier alpha value is -0.510. The topological polar surface area (TPSA) is 32.3 Å². The fourth-order valence-electron chi connectivity index (χ4n) is 2.05. The van der Waals surface area contributed by atoms with Gasteiger partial charge in [-0.3, -0.25) is 0 Å². The Morgan fingerprint density at radius 2 is 2.18 bits per heavy atom. The average Bonchev–Trinajstić information content (AvgIpc) is 2.35. The fraction of sp³-hybridized carbons (Fsp3) is 0.571. The lowest BCUT2D eigenvalue weighted by Crippen LogP contribution is -2.34. The van der Waals surface area contributed by atoms with Crippen molar-refractivity contribution in [2.45, 2.75) is 37.3 Å². The van der Waals surface area contributed by atoms with Gasteiger partial charge >= 0.3 is 0 Å². The molecular formula is C14H21NOS. The van der Waals surface area contributed by atoms with Crippen molar-refractivity contribution in [2.75, 3.05) is 12.3 Å². The number of hydrogen-bond donors (Lipinski definition) is 2. The lowest BCUT2D eigenvalue weighted by atomic mass is 10.0. The van der Waals surface area contributed by atoms with Crippen LogP contribution >= 0.6 is 11.8 Å². The van der Waals surface area contributed by atoms with Crippen LogP contribution in [0.3, 0.4) is 0 Å². The first-order chi connectivity index (χ1) is 8.18. The molecule has 0 saturated carbocycles. The van der Waals surface area contributed by atoms with E-state index in [1.807, 2.05) is 11.8 Å². The Balaban J connectivity index is 1.99. The maximum Gasteiger partial charge on any atom is 0.0687 e. The van der Waals surface area contributed by atoms with E-state index >= 15 is 0 Å². The molecule has 2 atom stereocenters. The summed E-state index contributed by atoms with van der Waals surface area (Å²) in [4.78, 5) is 1.38. The zero-order chi connectivity index (χ0) is 12.3. The molecule has 1 aliphatic rings. The SMILES string of the molecule is CC(C)C(O)CNC1CCSc2ccccc21. The van der Waals surface area contributed by atoms with Gasteiger partial charge in [-0.05, 0) is 29.7 Å². The van der Waals surface area contributed by atoms with Gasteiger partial charge in [-0.2, -0.15) is 0 Å². The highest BCUT2D eigenvalue weighted by Gasteiger charge is 2.20. The van der Waals surface area contributed by atoms with E-state index in [1.165, 1.54) is 10.5 Å². The zero-order valence-corrected chi connectivity index (χ0v) is 11.3. The summed E-state index contributed by atoms with van der Waals surface area (Å²) in [6.07, 6.45) is 0.892. The fourth-order valence-corrected chi connectivity index (χ4v) is 3.18. The summed E-state index contributed by atoms with van der Waals surface area (Å²) in [5.41, 5.74) is 1.39. The summed E-state index contributed by atoms with van der Waals surface area (Å²) >= 11 is 1.93. The highest BCUT2D eigenvalue weighted by molar-refractivity contribution is 7.99. The summed E-state index contributed by atoms with van der Waals surface area (Å²) in [5.74, 6) is 1.47. The maximum absolute atomic E-state index is 9.84. The normalized spacial score (nSPS) is 21.3. The van der Waals surface area contributed by atoms with Crippen molar-refractivity contribution in [3.05, 3.63) is 29.8 Å². The third-order valence-electron chi connectivity index (χ3n) is 3.30. The molecule has 1 aromatic rings. The summed E-state index contributed by atoms with van der Waals surface area (Å²) < 4.78 is 0. The van der Waals surface area contributed by atoms with Crippen molar-refractivity contribution in [1.82, 2.24) is 5.32 Å². The van der Waals surface area contributed by atoms with Crippen LogP contribution in [0.15, 0.2) is 29.2 Å². The number of aliphatic hydroxyl groups is 1. The monoisotopic (exact) mass is 251 g/mol. The minimum atomic E-state index is -0.253. The van der Waals surface area contributed by atoms with Gasteiger partial charge in [0.15, 0.2) is 0 Å². The number of hydrogen-bond acceptors (Lipinski definition) is 3. The van der Waals surface area contributed by atoms with E-state index in [2.05, 4.69) is 43.4 Å². The molecular weight excluding hydrogens is 230 g/mol. The Labute approximate surface area is 108 Å². The van der Waals surface area contributed by atoms with E-state index < -0.39 is 0 Å². The molecule has 0 spiro atoms. The summed E-state index contributed by atoms with van der Waals surface area (Å²) in [5, 5.41) is 13.3. The largest absolute Gasteiger partial charge is 0.392 e. The summed E-state index contributed by atoms with van der Waals surface area (Å²) in [6.45, 7) is 4.79. The summed E-state index contributed by atoms with van der Waals surface area (Å²) in [7, 11) is 0. The summed E-state index contributed by atoms with van der Waals surface area (Å²) in [6, 6.07) is 8.98. The molecule has 0 radical (unpaired) electrons. The van der Waals surface area contributed by atoms with Gasteiger partial charge in [-0.25, -0.2) is 0 Å². The molecule has 94 valence electrons. The Morgan fingerprint density at radius 3 is 2.94 bits per heavy atom. The predicted octanol–water partition coefficient (Wildman–Crippen LogP) is 2.83. The first-order valence-electron chi connectivity index (χ1n) is 6.31. The van der Waals surface area contributed by atoms with E-state index in [4.69, 9.17) is 0 Å². The first kappa shape index (κ1) is 12.9. The van der Waals surface area contributed by atoms with Crippen molar-refractivity contribution >= 4 is 11.8 Å². The quantitative estimate of drug-likeness (QED) is 0.863. The minimum absolute atomic E-state index is 0.253. The van der Waals surface area contributed by atoms with Gasteiger partial charge in [0, 0.05) is 17.5 Å². The molecule has 0 bridgehead atoms. The molecule has 1 aliphatic heterocycles. The second-order valence-corrected chi connectivity index (χ2v) is 6.08. The van der Waals surface area contributed by atoms with E-state index in [9.17, 15) is 5.11 Å². The molecule has 17 heavy (non-hydrogen) atoms. The molecule has 0 aromatic heterocycles. The molecule has 1 aromatic carbocycles. The van der Waals surface area contributed by atoms with Gasteiger partial charge in [0.1, 0.15) is 0 Å². The van der Waals surface area contributed by atoms with Crippen molar-refractivity contribution in [1.29, 1.82) is 0 Å². The number of benzene rings is 1. The van der Waals surface area contributed by atoms with Crippen LogP contribution in [0, 0.1) is 5.92 Å². The van der Waals surface area contributed by atoms with E-state index in [0.29, 0.717) is 18.5 Å². The van der Waals surface area contributed by atoms with Crippen LogP contribution in [-0.4, -0.2) is 23.5 Å². The first-order valence-corrected chi connectivity index (χ1v) is 7.30. The van der Waals surface area contributed by atoms with Crippen LogP contribution in [0.5, 0.6) is 0 Å². The average molecular weight is 251 g/mol. The number of nitrogens with one attached hydrogen (secondary N) is 1. The molecule has 2 rings (SSSR count). The Bertz CT molecular complexity index is 367. The third-order valence-corrected chi connectivity index (χ3v) is 4.42. The third kappa shape index (κ3) is 3.24. The van der Waals surface area contributed by atoms with E-state index in [0.717, 1.165) is 12.2 Å². The standard InChI is InChI=1S/C14H21NOS/c1-10(2)13(16)9-15-12-7-8-17-14-6-4-3-5-11(12)14/h3-6,10,12-13,15-16H,7-9H2,1-2H3. The second-order valence-electron chi connectivity index (χ2n) is 4.95. The van der Waals surface area contributed by atoms with Crippen LogP contribution in [0.4, 0.5) is 0 Å². The van der Waals surface area contributed by atoms with Crippen molar-refractivity contribution in [3.8, 4) is 0 Å². The van der Waals surface area contributed by atoms with Gasteiger partial charge in [0.2, 0.25) is 0 Å². The van der Waals surface area contributed by atoms with E-state index in [1.54, 1.807) is 0 Å². The molecule has 2 N–H and O–H groups in total. The van der Waals surface area contributed by atoms with Gasteiger partial charge in [0.25, 0.3) is 0 Å². The van der Waals surface area contributed by atoms with Crippen molar-refractivity contribution in [2.24, 2.45) is 5.92 Å². The van der Waals surface area contributed by atoms with Crippen molar-refractivity contribution in [3.63, 3.8) is 0 Å². The number of aliphatic hydroxyl groups excluding tert-OH is 1. The molecule has 1 heterocycles. The second kappa shape index (κ2) is 5.89. The number of rotatable bonds is 4. The molecule has 0 aliphatic carbocycles. The lowest BCUT2D eigenvalue weighted by Gasteiger charge is -2.27. The molecule has 3 heteroatoms. The van der Waals surface area contributed by atoms with E-state index in [-0.39, 0.29) is 6.10 Å². The lowest BCUT2D eigenvalue weighted by molar-refractivity contribution is 0.119. The predicted molar refractivity (Wildman–Crippen MR) is 73.4 cm³/mol. The molecule has 2 nitrogen and oxygen atoms in total. The highest BCUT2D eigenvalue weighted by atomic mass is 32.2. The zero-order valence-electron chi connectivity index (χ0n) is 10.5. The van der Waals surface area contributed by atoms with Gasteiger partial charge in [-0.15, -0.1) is 11.8 Å². The molecule has 0 fully saturated rings. The van der Waals surface area contributed by atoms with Crippen LogP contribution < -0.4 is 5.32 Å². The van der Waals surface area contributed by atoms with Crippen LogP contribution in [0.2, 0.25) is 0 Å². The molecule has 2 unspecified atom stereocenters. The number of thioether (sulfide) groups is 1. The molecule has 0 saturated heterocycles. The van der Waals surface area contributed by atoms with Crippen LogP contribution in [-0.2, 0) is 0 Å². The molecule has 0 amide bonds. The smallest absolute Gasteiger partial charge is 0.0687 e. The van der Waals surface area contributed by atoms with Crippen LogP contribution in [0.1, 0.15) is 31.9 Å². The number of fused-ring (bicyclic) bond motifs is 1. The minimum Gasteiger partial charge on any atom is -0.392 e.